The van der Waals surface area contributed by atoms with Crippen molar-refractivity contribution in [3.05, 3.63) is 34.6 Å². The fourth-order valence-electron chi connectivity index (χ4n) is 1.92. The Labute approximate surface area is 153 Å². The van der Waals surface area contributed by atoms with Gasteiger partial charge >= 0.3 is 0 Å². The van der Waals surface area contributed by atoms with E-state index in [0.29, 0.717) is 24.1 Å². The van der Waals surface area contributed by atoms with Crippen molar-refractivity contribution >= 4 is 41.5 Å². The molecule has 126 valence electrons. The van der Waals surface area contributed by atoms with Crippen LogP contribution >= 0.6 is 35.6 Å². The number of aliphatic hydroxyl groups excluding tert-OH is 1. The van der Waals surface area contributed by atoms with Gasteiger partial charge in [-0.15, -0.1) is 24.0 Å². The summed E-state index contributed by atoms with van der Waals surface area (Å²) in [4.78, 5) is 4.49. The average Bonchev–Trinajstić information content (AvgIpc) is 2.41. The molecule has 1 aromatic carbocycles. The van der Waals surface area contributed by atoms with E-state index in [4.69, 9.17) is 16.7 Å². The fraction of sp³-hybridized carbons (Fsp3) is 0.533. The van der Waals surface area contributed by atoms with Gasteiger partial charge in [-0.25, -0.2) is 4.39 Å². The molecule has 0 aliphatic rings. The van der Waals surface area contributed by atoms with E-state index < -0.39 is 0 Å². The SMILES string of the molecule is CCNC(=NCC(C)(C)c1ccc(F)cc1Cl)NCCO.I. The van der Waals surface area contributed by atoms with Gasteiger partial charge in [-0.3, -0.25) is 4.99 Å². The molecule has 0 atom stereocenters. The van der Waals surface area contributed by atoms with Crippen molar-refractivity contribution in [2.45, 2.75) is 26.2 Å². The van der Waals surface area contributed by atoms with Crippen LogP contribution in [-0.2, 0) is 5.41 Å². The molecule has 0 saturated heterocycles. The Kier molecular flexibility index (Phi) is 9.95. The Morgan fingerprint density at radius 2 is 2.05 bits per heavy atom. The lowest BCUT2D eigenvalue weighted by atomic mass is 9.84. The van der Waals surface area contributed by atoms with E-state index >= 15 is 0 Å². The van der Waals surface area contributed by atoms with Gasteiger partial charge in [0, 0.05) is 23.5 Å². The molecule has 1 rings (SSSR count). The number of nitrogens with zero attached hydrogens (tertiary/aromatic N) is 1. The quantitative estimate of drug-likeness (QED) is 0.360. The number of hydrogen-bond acceptors (Lipinski definition) is 2. The second-order valence-corrected chi connectivity index (χ2v) is 5.76. The fourth-order valence-corrected chi connectivity index (χ4v) is 2.34. The Hall–Kier alpha value is -0.600. The molecule has 0 heterocycles. The van der Waals surface area contributed by atoms with Gasteiger partial charge in [-0.1, -0.05) is 31.5 Å². The van der Waals surface area contributed by atoms with Crippen LogP contribution in [-0.4, -0.2) is 37.3 Å². The largest absolute Gasteiger partial charge is 0.395 e. The minimum atomic E-state index is -0.346. The van der Waals surface area contributed by atoms with Gasteiger partial charge in [-0.05, 0) is 24.6 Å². The monoisotopic (exact) mass is 443 g/mol. The number of nitrogens with one attached hydrogen (secondary N) is 2. The molecular weight excluding hydrogens is 420 g/mol. The molecule has 4 nitrogen and oxygen atoms in total. The first-order chi connectivity index (χ1) is 9.90. The maximum atomic E-state index is 13.1. The van der Waals surface area contributed by atoms with Crippen molar-refractivity contribution in [1.29, 1.82) is 0 Å². The van der Waals surface area contributed by atoms with Gasteiger partial charge in [-0.2, -0.15) is 0 Å². The molecule has 1 aromatic rings. The maximum Gasteiger partial charge on any atom is 0.191 e. The van der Waals surface area contributed by atoms with Crippen LogP contribution in [0.25, 0.3) is 0 Å². The van der Waals surface area contributed by atoms with Crippen LogP contribution in [0.1, 0.15) is 26.3 Å². The first-order valence-electron chi connectivity index (χ1n) is 6.99. The van der Waals surface area contributed by atoms with Crippen molar-refractivity contribution in [2.75, 3.05) is 26.2 Å². The van der Waals surface area contributed by atoms with E-state index in [1.807, 2.05) is 20.8 Å². The Morgan fingerprint density at radius 3 is 2.59 bits per heavy atom. The summed E-state index contributed by atoms with van der Waals surface area (Å²) in [5, 5.41) is 15.4. The molecule has 22 heavy (non-hydrogen) atoms. The zero-order valence-corrected chi connectivity index (χ0v) is 16.2. The number of halogens is 3. The molecule has 7 heteroatoms. The third-order valence-electron chi connectivity index (χ3n) is 3.04. The van der Waals surface area contributed by atoms with E-state index in [9.17, 15) is 4.39 Å². The minimum Gasteiger partial charge on any atom is -0.395 e. The number of guanidine groups is 1. The molecule has 0 aromatic heterocycles. The van der Waals surface area contributed by atoms with E-state index in [0.717, 1.165) is 12.1 Å². The normalized spacial score (nSPS) is 11.8. The molecule has 0 bridgehead atoms. The summed E-state index contributed by atoms with van der Waals surface area (Å²) in [6, 6.07) is 4.42. The lowest BCUT2D eigenvalue weighted by Crippen LogP contribution is -2.39. The highest BCUT2D eigenvalue weighted by Crippen LogP contribution is 2.30. The van der Waals surface area contributed by atoms with Crippen LogP contribution in [0.4, 0.5) is 4.39 Å². The van der Waals surface area contributed by atoms with Gasteiger partial charge in [0.15, 0.2) is 5.96 Å². The third-order valence-corrected chi connectivity index (χ3v) is 3.35. The Balaban J connectivity index is 0.00000441. The van der Waals surface area contributed by atoms with E-state index in [1.165, 1.54) is 12.1 Å². The predicted molar refractivity (Wildman–Crippen MR) is 101 cm³/mol. The van der Waals surface area contributed by atoms with Crippen LogP contribution in [0.5, 0.6) is 0 Å². The predicted octanol–water partition coefficient (Wildman–Crippen LogP) is 2.92. The summed E-state index contributed by atoms with van der Waals surface area (Å²) in [5.41, 5.74) is 0.527. The summed E-state index contributed by atoms with van der Waals surface area (Å²) in [5.74, 6) is 0.291. The zero-order chi connectivity index (χ0) is 15.9. The molecule has 0 aliphatic heterocycles. The summed E-state index contributed by atoms with van der Waals surface area (Å²) < 4.78 is 13.1. The molecule has 0 spiro atoms. The van der Waals surface area contributed by atoms with Crippen molar-refractivity contribution in [3.63, 3.8) is 0 Å². The maximum absolute atomic E-state index is 13.1. The van der Waals surface area contributed by atoms with Gasteiger partial charge in [0.05, 0.1) is 13.2 Å². The van der Waals surface area contributed by atoms with Crippen molar-refractivity contribution in [3.8, 4) is 0 Å². The van der Waals surface area contributed by atoms with Gasteiger partial charge in [0.1, 0.15) is 5.82 Å². The number of hydrogen-bond donors (Lipinski definition) is 3. The second kappa shape index (κ2) is 10.2. The summed E-state index contributed by atoms with van der Waals surface area (Å²) in [6.45, 7) is 7.67. The third kappa shape index (κ3) is 6.66. The van der Waals surface area contributed by atoms with Gasteiger partial charge < -0.3 is 15.7 Å². The van der Waals surface area contributed by atoms with E-state index in [1.54, 1.807) is 6.07 Å². The number of aliphatic imine (C=N–C) groups is 1. The molecule has 0 fully saturated rings. The van der Waals surface area contributed by atoms with Gasteiger partial charge in [0.25, 0.3) is 0 Å². The van der Waals surface area contributed by atoms with Crippen LogP contribution in [0, 0.1) is 5.82 Å². The molecule has 0 amide bonds. The molecule has 0 unspecified atom stereocenters. The zero-order valence-electron chi connectivity index (χ0n) is 13.1. The molecular formula is C15H24ClFIN3O. The molecule has 3 N–H and O–H groups in total. The van der Waals surface area contributed by atoms with Crippen molar-refractivity contribution in [1.82, 2.24) is 10.6 Å². The highest BCUT2D eigenvalue weighted by molar-refractivity contribution is 14.0. The van der Waals surface area contributed by atoms with Crippen LogP contribution < -0.4 is 10.6 Å². The highest BCUT2D eigenvalue weighted by atomic mass is 127. The molecule has 0 aliphatic carbocycles. The molecule has 0 saturated carbocycles. The number of benzene rings is 1. The van der Waals surface area contributed by atoms with Crippen molar-refractivity contribution in [2.24, 2.45) is 4.99 Å². The van der Waals surface area contributed by atoms with E-state index in [-0.39, 0.29) is 41.8 Å². The van der Waals surface area contributed by atoms with Crippen LogP contribution in [0.15, 0.2) is 23.2 Å². The lowest BCUT2D eigenvalue weighted by molar-refractivity contribution is 0.300. The topological polar surface area (TPSA) is 56.7 Å². The van der Waals surface area contributed by atoms with Gasteiger partial charge in [0.2, 0.25) is 0 Å². The number of rotatable bonds is 6. The first-order valence-corrected chi connectivity index (χ1v) is 7.37. The average molecular weight is 444 g/mol. The first kappa shape index (κ1) is 21.4. The summed E-state index contributed by atoms with van der Waals surface area (Å²) >= 11 is 6.12. The van der Waals surface area contributed by atoms with E-state index in [2.05, 4.69) is 15.6 Å². The highest BCUT2D eigenvalue weighted by Gasteiger charge is 2.23. The number of aliphatic hydroxyl groups is 1. The van der Waals surface area contributed by atoms with Crippen LogP contribution in [0.2, 0.25) is 5.02 Å². The summed E-state index contributed by atoms with van der Waals surface area (Å²) in [7, 11) is 0. The van der Waals surface area contributed by atoms with Crippen molar-refractivity contribution < 1.29 is 9.50 Å². The van der Waals surface area contributed by atoms with Crippen LogP contribution in [0.3, 0.4) is 0 Å². The standard InChI is InChI=1S/C15H23ClFN3O.HI/c1-4-18-14(19-7-8-21)20-10-15(2,3)12-6-5-11(17)9-13(12)16;/h5-6,9,21H,4,7-8,10H2,1-3H3,(H2,18,19,20);1H. The molecule has 0 radical (unpaired) electrons. The Morgan fingerprint density at radius 1 is 1.36 bits per heavy atom. The second-order valence-electron chi connectivity index (χ2n) is 5.35. The minimum absolute atomic E-state index is 0. The smallest absolute Gasteiger partial charge is 0.191 e. The summed E-state index contributed by atoms with van der Waals surface area (Å²) in [6.07, 6.45) is 0. The Bertz CT molecular complexity index is 498. The lowest BCUT2D eigenvalue weighted by Gasteiger charge is -2.25.